The second-order valence-corrected chi connectivity index (χ2v) is 5.10. The van der Waals surface area contributed by atoms with Crippen LogP contribution in [-0.2, 0) is 0 Å². The molecule has 2 aromatic rings. The summed E-state index contributed by atoms with van der Waals surface area (Å²) in [5.74, 6) is -2.37. The molecule has 0 saturated carbocycles. The third-order valence-corrected chi connectivity index (χ3v) is 3.29. The molecule has 0 aliphatic rings. The molecule has 0 heterocycles. The normalized spacial score (nSPS) is 9.62. The van der Waals surface area contributed by atoms with Gasteiger partial charge in [0.1, 0.15) is 5.56 Å². The molecule has 0 fully saturated rings. The van der Waals surface area contributed by atoms with Gasteiger partial charge in [-0.2, -0.15) is 0 Å². The quantitative estimate of drug-likeness (QED) is 0.619. The number of benzene rings is 2. The first-order valence-electron chi connectivity index (χ1n) is 7.02. The van der Waals surface area contributed by atoms with E-state index in [4.69, 9.17) is 10.2 Å². The smallest absolute Gasteiger partial charge is 0.342 e. The molecule has 0 aliphatic carbocycles. The van der Waals surface area contributed by atoms with Gasteiger partial charge in [0.2, 0.25) is 0 Å². The summed E-state index contributed by atoms with van der Waals surface area (Å²) in [6.45, 7) is 3.01. The van der Waals surface area contributed by atoms with Crippen molar-refractivity contribution in [1.82, 2.24) is 0 Å². The van der Waals surface area contributed by atoms with Crippen molar-refractivity contribution in [2.45, 2.75) is 13.8 Å². The van der Waals surface area contributed by atoms with Crippen LogP contribution in [0.1, 0.15) is 31.8 Å². The second-order valence-electron chi connectivity index (χ2n) is 5.10. The zero-order valence-electron chi connectivity index (χ0n) is 13.7. The molecule has 10 heteroatoms. The lowest BCUT2D eigenvalue weighted by molar-refractivity contribution is -0.385. The Bertz CT molecular complexity index is 892. The summed E-state index contributed by atoms with van der Waals surface area (Å²) in [5, 5.41) is 38.1. The molecule has 0 amide bonds. The van der Waals surface area contributed by atoms with Gasteiger partial charge in [-0.15, -0.1) is 0 Å². The highest BCUT2D eigenvalue weighted by Crippen LogP contribution is 2.22. The van der Waals surface area contributed by atoms with Gasteiger partial charge >= 0.3 is 11.9 Å². The van der Waals surface area contributed by atoms with E-state index in [1.807, 2.05) is 0 Å². The highest BCUT2D eigenvalue weighted by molar-refractivity contribution is 5.93. The molecule has 0 atom stereocenters. The standard InChI is InChI=1S/2C8H7NO4/c1-5-4-6(8(10)11)2-3-7(5)9(12)13;1-5-3-2-4-6(8(10)11)7(5)9(12)13/h2*2-4H,1H3,(H,10,11). The Kier molecular flexibility index (Phi) is 6.48. The number of carboxylic acid groups (broad SMARTS) is 2. The van der Waals surface area contributed by atoms with Gasteiger partial charge in [0.05, 0.1) is 15.4 Å². The molecule has 10 nitrogen and oxygen atoms in total. The minimum absolute atomic E-state index is 0.0584. The number of nitrogens with zero attached hydrogens (tertiary/aromatic N) is 2. The molecular weight excluding hydrogens is 348 g/mol. The van der Waals surface area contributed by atoms with Crippen molar-refractivity contribution in [3.8, 4) is 0 Å². The fourth-order valence-corrected chi connectivity index (χ4v) is 2.07. The molecule has 2 aromatic carbocycles. The van der Waals surface area contributed by atoms with E-state index in [0.717, 1.165) is 0 Å². The Balaban J connectivity index is 0.000000260. The summed E-state index contributed by atoms with van der Waals surface area (Å²) in [6.07, 6.45) is 0. The van der Waals surface area contributed by atoms with Crippen LogP contribution in [0.25, 0.3) is 0 Å². The van der Waals surface area contributed by atoms with Crippen molar-refractivity contribution in [3.63, 3.8) is 0 Å². The number of aryl methyl sites for hydroxylation is 2. The molecule has 136 valence electrons. The molecule has 0 radical (unpaired) electrons. The van der Waals surface area contributed by atoms with Crippen LogP contribution in [-0.4, -0.2) is 32.0 Å². The molecule has 0 unspecified atom stereocenters. The molecule has 0 bridgehead atoms. The van der Waals surface area contributed by atoms with Crippen molar-refractivity contribution < 1.29 is 29.6 Å². The van der Waals surface area contributed by atoms with E-state index in [1.165, 1.54) is 50.2 Å². The predicted octanol–water partition coefficient (Wildman–Crippen LogP) is 3.20. The van der Waals surface area contributed by atoms with Crippen molar-refractivity contribution >= 4 is 23.3 Å². The molecule has 0 spiro atoms. The highest BCUT2D eigenvalue weighted by atomic mass is 16.6. The maximum Gasteiger partial charge on any atom is 0.342 e. The average Bonchev–Trinajstić information content (AvgIpc) is 2.54. The van der Waals surface area contributed by atoms with Gasteiger partial charge in [-0.1, -0.05) is 12.1 Å². The number of rotatable bonds is 4. The Morgan fingerprint density at radius 1 is 0.885 bits per heavy atom. The van der Waals surface area contributed by atoms with Crippen LogP contribution in [0.2, 0.25) is 0 Å². The first kappa shape index (κ1) is 20.2. The van der Waals surface area contributed by atoms with Gasteiger partial charge in [0, 0.05) is 17.2 Å². The third-order valence-electron chi connectivity index (χ3n) is 3.29. The first-order chi connectivity index (χ1) is 12.1. The number of para-hydroxylation sites is 1. The van der Waals surface area contributed by atoms with Crippen LogP contribution >= 0.6 is 0 Å². The molecule has 0 aromatic heterocycles. The van der Waals surface area contributed by atoms with E-state index in [0.29, 0.717) is 11.1 Å². The van der Waals surface area contributed by atoms with Crippen LogP contribution in [0.4, 0.5) is 11.4 Å². The zero-order valence-corrected chi connectivity index (χ0v) is 13.7. The Labute approximate surface area is 146 Å². The summed E-state index contributed by atoms with van der Waals surface area (Å²) >= 11 is 0. The summed E-state index contributed by atoms with van der Waals surface area (Å²) in [7, 11) is 0. The molecule has 26 heavy (non-hydrogen) atoms. The number of carbonyl (C=O) groups is 2. The summed E-state index contributed by atoms with van der Waals surface area (Å²) in [5.41, 5.74) is 0.0860. The maximum absolute atomic E-state index is 10.6. The number of carboxylic acids is 2. The van der Waals surface area contributed by atoms with Gasteiger partial charge in [0.25, 0.3) is 11.4 Å². The van der Waals surface area contributed by atoms with Crippen molar-refractivity contribution in [2.75, 3.05) is 0 Å². The van der Waals surface area contributed by atoms with Crippen LogP contribution < -0.4 is 0 Å². The van der Waals surface area contributed by atoms with Gasteiger partial charge in [-0.25, -0.2) is 9.59 Å². The molecule has 0 aliphatic heterocycles. The minimum atomic E-state index is -1.28. The van der Waals surface area contributed by atoms with E-state index in [-0.39, 0.29) is 22.5 Å². The first-order valence-corrected chi connectivity index (χ1v) is 7.02. The fraction of sp³-hybridized carbons (Fsp3) is 0.125. The lowest BCUT2D eigenvalue weighted by Crippen LogP contribution is -2.03. The van der Waals surface area contributed by atoms with E-state index in [9.17, 15) is 29.8 Å². The van der Waals surface area contributed by atoms with Gasteiger partial charge in [0.15, 0.2) is 0 Å². The van der Waals surface area contributed by atoms with Gasteiger partial charge in [-0.05, 0) is 32.0 Å². The summed E-state index contributed by atoms with van der Waals surface area (Å²) in [4.78, 5) is 40.7. The molecule has 2 N–H and O–H groups in total. The van der Waals surface area contributed by atoms with Gasteiger partial charge in [-0.3, -0.25) is 20.2 Å². The van der Waals surface area contributed by atoms with E-state index in [1.54, 1.807) is 0 Å². The molecule has 2 rings (SSSR count). The number of nitro benzene ring substituents is 2. The van der Waals surface area contributed by atoms with E-state index < -0.39 is 21.8 Å². The van der Waals surface area contributed by atoms with Gasteiger partial charge < -0.3 is 10.2 Å². The van der Waals surface area contributed by atoms with Crippen molar-refractivity contribution in [1.29, 1.82) is 0 Å². The second kappa shape index (κ2) is 8.33. The molecule has 0 saturated heterocycles. The Hall–Kier alpha value is -3.82. The minimum Gasteiger partial charge on any atom is -0.478 e. The average molecular weight is 362 g/mol. The lowest BCUT2D eigenvalue weighted by Gasteiger charge is -1.99. The van der Waals surface area contributed by atoms with Crippen LogP contribution in [0.15, 0.2) is 36.4 Å². The number of aromatic carboxylic acids is 2. The highest BCUT2D eigenvalue weighted by Gasteiger charge is 2.21. The van der Waals surface area contributed by atoms with Crippen LogP contribution in [0.3, 0.4) is 0 Å². The zero-order chi connectivity index (χ0) is 20.0. The van der Waals surface area contributed by atoms with Crippen molar-refractivity contribution in [2.24, 2.45) is 0 Å². The fourth-order valence-electron chi connectivity index (χ4n) is 2.07. The number of hydrogen-bond donors (Lipinski definition) is 2. The SMILES string of the molecule is Cc1cc(C(=O)O)ccc1[N+](=O)[O-].Cc1cccc(C(=O)O)c1[N+](=O)[O-]. The Morgan fingerprint density at radius 2 is 1.50 bits per heavy atom. The predicted molar refractivity (Wildman–Crippen MR) is 89.6 cm³/mol. The monoisotopic (exact) mass is 362 g/mol. The van der Waals surface area contributed by atoms with E-state index >= 15 is 0 Å². The summed E-state index contributed by atoms with van der Waals surface area (Å²) < 4.78 is 0. The van der Waals surface area contributed by atoms with E-state index in [2.05, 4.69) is 0 Å². The van der Waals surface area contributed by atoms with Crippen molar-refractivity contribution in [3.05, 3.63) is 78.9 Å². The molecular formula is C16H14N2O8. The third kappa shape index (κ3) is 4.84. The maximum atomic E-state index is 10.6. The summed E-state index contributed by atoms with van der Waals surface area (Å²) in [6, 6.07) is 7.89. The number of nitro groups is 2. The Morgan fingerprint density at radius 3 is 1.88 bits per heavy atom. The lowest BCUT2D eigenvalue weighted by atomic mass is 10.1. The number of hydrogen-bond acceptors (Lipinski definition) is 6. The van der Waals surface area contributed by atoms with Crippen LogP contribution in [0.5, 0.6) is 0 Å². The largest absolute Gasteiger partial charge is 0.478 e. The topological polar surface area (TPSA) is 161 Å². The van der Waals surface area contributed by atoms with Crippen LogP contribution in [0, 0.1) is 34.1 Å².